The molecule has 3 aliphatic rings. The van der Waals surface area contributed by atoms with Crippen molar-refractivity contribution >= 4 is 27.0 Å². The summed E-state index contributed by atoms with van der Waals surface area (Å²) in [6.45, 7) is 7.44. The molecule has 0 bridgehead atoms. The summed E-state index contributed by atoms with van der Waals surface area (Å²) in [7, 11) is -3.68. The summed E-state index contributed by atoms with van der Waals surface area (Å²) in [5, 5.41) is 2.96. The standard InChI is InChI=1S/C26H36F2N4O3S/c1-25(2,3)24-30-21-13-20(6-7-22(21)32(24)16-17-8-10-26(27,28)11-9-17)36(34,35)31-14-18(15-31)12-23(33)29-19-4-5-19/h6-7,13,17-19H,4-5,8-12,14-16H2,1-3H3,(H,29,33). The van der Waals surface area contributed by atoms with E-state index in [2.05, 4.69) is 30.7 Å². The molecule has 7 nitrogen and oxygen atoms in total. The van der Waals surface area contributed by atoms with Gasteiger partial charge < -0.3 is 9.88 Å². The lowest BCUT2D eigenvalue weighted by Crippen LogP contribution is -2.51. The first kappa shape index (κ1) is 25.6. The molecule has 0 spiro atoms. The van der Waals surface area contributed by atoms with Crippen LogP contribution in [0.4, 0.5) is 8.78 Å². The van der Waals surface area contributed by atoms with Gasteiger partial charge in [0, 0.05) is 50.4 Å². The second-order valence-electron chi connectivity index (χ2n) is 12.0. The highest BCUT2D eigenvalue weighted by Gasteiger charge is 2.39. The Hall–Kier alpha value is -2.07. The van der Waals surface area contributed by atoms with Crippen LogP contribution in [0.1, 0.15) is 71.5 Å². The van der Waals surface area contributed by atoms with E-state index in [0.717, 1.165) is 24.2 Å². The van der Waals surface area contributed by atoms with Gasteiger partial charge in [0.15, 0.2) is 0 Å². The molecule has 3 fully saturated rings. The smallest absolute Gasteiger partial charge is 0.248 e. The normalized spacial score (nSPS) is 22.0. The first-order valence-corrected chi connectivity index (χ1v) is 14.4. The van der Waals surface area contributed by atoms with Crippen molar-refractivity contribution < 1.29 is 22.0 Å². The number of amides is 1. The summed E-state index contributed by atoms with van der Waals surface area (Å²) < 4.78 is 57.4. The predicted molar refractivity (Wildman–Crippen MR) is 133 cm³/mol. The fourth-order valence-electron chi connectivity index (χ4n) is 5.34. The molecule has 2 heterocycles. The molecule has 0 unspecified atom stereocenters. The van der Waals surface area contributed by atoms with Gasteiger partial charge in [0.1, 0.15) is 5.82 Å². The van der Waals surface area contributed by atoms with Gasteiger partial charge in [-0.2, -0.15) is 4.31 Å². The Labute approximate surface area is 211 Å². The van der Waals surface area contributed by atoms with Crippen LogP contribution in [0, 0.1) is 11.8 Å². The maximum absolute atomic E-state index is 13.7. The van der Waals surface area contributed by atoms with Gasteiger partial charge in [-0.1, -0.05) is 20.8 Å². The van der Waals surface area contributed by atoms with Crippen LogP contribution >= 0.6 is 0 Å². The molecule has 1 saturated heterocycles. The van der Waals surface area contributed by atoms with Crippen LogP contribution in [-0.2, 0) is 26.8 Å². The molecule has 0 atom stereocenters. The number of halogens is 2. The second-order valence-corrected chi connectivity index (χ2v) is 13.9. The summed E-state index contributed by atoms with van der Waals surface area (Å²) >= 11 is 0. The molecular weight excluding hydrogens is 486 g/mol. The summed E-state index contributed by atoms with van der Waals surface area (Å²) in [5.74, 6) is -1.56. The Morgan fingerprint density at radius 2 is 1.78 bits per heavy atom. The Morgan fingerprint density at radius 1 is 1.11 bits per heavy atom. The van der Waals surface area contributed by atoms with Crippen LogP contribution < -0.4 is 5.32 Å². The first-order chi connectivity index (χ1) is 16.8. The molecule has 5 rings (SSSR count). The number of aromatic nitrogens is 2. The maximum atomic E-state index is 13.7. The number of benzene rings is 1. The Balaban J connectivity index is 1.33. The Kier molecular flexibility index (Phi) is 6.42. The molecule has 0 radical (unpaired) electrons. The number of hydrogen-bond donors (Lipinski definition) is 1. The minimum Gasteiger partial charge on any atom is -0.353 e. The van der Waals surface area contributed by atoms with Crippen LogP contribution in [0.15, 0.2) is 23.1 Å². The van der Waals surface area contributed by atoms with Crippen molar-refractivity contribution in [1.29, 1.82) is 0 Å². The molecule has 10 heteroatoms. The predicted octanol–water partition coefficient (Wildman–Crippen LogP) is 4.45. The summed E-state index contributed by atoms with van der Waals surface area (Å²) in [6.07, 6.45) is 3.18. The number of nitrogens with one attached hydrogen (secondary N) is 1. The third-order valence-electron chi connectivity index (χ3n) is 7.65. The number of carbonyl (C=O) groups is 1. The van der Waals surface area contributed by atoms with E-state index in [9.17, 15) is 22.0 Å². The number of nitrogens with zero attached hydrogens (tertiary/aromatic N) is 3. The Bertz CT molecular complexity index is 1250. The molecule has 1 aromatic heterocycles. The molecule has 1 amide bonds. The van der Waals surface area contributed by atoms with E-state index in [1.54, 1.807) is 18.2 Å². The van der Waals surface area contributed by atoms with Crippen molar-refractivity contribution in [3.05, 3.63) is 24.0 Å². The summed E-state index contributed by atoms with van der Waals surface area (Å²) in [6, 6.07) is 5.34. The fraction of sp³-hybridized carbons (Fsp3) is 0.692. The average Bonchev–Trinajstić information content (AvgIpc) is 3.49. The third kappa shape index (κ3) is 5.30. The molecular formula is C26H36F2N4O3S. The van der Waals surface area contributed by atoms with Gasteiger partial charge in [-0.25, -0.2) is 22.2 Å². The van der Waals surface area contributed by atoms with Crippen LogP contribution in [0.5, 0.6) is 0 Å². The van der Waals surface area contributed by atoms with E-state index in [1.165, 1.54) is 4.31 Å². The number of fused-ring (bicyclic) bond motifs is 1. The van der Waals surface area contributed by atoms with Crippen molar-refractivity contribution in [3.8, 4) is 0 Å². The number of sulfonamides is 1. The number of carbonyl (C=O) groups excluding carboxylic acids is 1. The van der Waals surface area contributed by atoms with E-state index in [1.807, 2.05) is 0 Å². The van der Waals surface area contributed by atoms with E-state index in [4.69, 9.17) is 4.98 Å². The van der Waals surface area contributed by atoms with E-state index in [0.29, 0.717) is 50.5 Å². The molecule has 2 saturated carbocycles. The van der Waals surface area contributed by atoms with Gasteiger partial charge in [-0.15, -0.1) is 0 Å². The van der Waals surface area contributed by atoms with Gasteiger partial charge in [0.2, 0.25) is 21.9 Å². The van der Waals surface area contributed by atoms with E-state index < -0.39 is 15.9 Å². The lowest BCUT2D eigenvalue weighted by Gasteiger charge is -2.37. The summed E-state index contributed by atoms with van der Waals surface area (Å²) in [4.78, 5) is 17.0. The topological polar surface area (TPSA) is 84.3 Å². The van der Waals surface area contributed by atoms with E-state index in [-0.39, 0.29) is 40.9 Å². The molecule has 2 aliphatic carbocycles. The minimum atomic E-state index is -3.68. The molecule has 1 N–H and O–H groups in total. The highest BCUT2D eigenvalue weighted by atomic mass is 32.2. The van der Waals surface area contributed by atoms with Crippen molar-refractivity contribution in [3.63, 3.8) is 0 Å². The van der Waals surface area contributed by atoms with Gasteiger partial charge in [-0.05, 0) is 55.7 Å². The second kappa shape index (κ2) is 9.04. The zero-order valence-electron chi connectivity index (χ0n) is 21.3. The van der Waals surface area contributed by atoms with E-state index >= 15 is 0 Å². The van der Waals surface area contributed by atoms with Crippen LogP contribution in [0.25, 0.3) is 11.0 Å². The fourth-order valence-corrected chi connectivity index (χ4v) is 6.95. The lowest BCUT2D eigenvalue weighted by atomic mass is 9.86. The molecule has 1 aromatic carbocycles. The minimum absolute atomic E-state index is 0.00269. The number of alkyl halides is 2. The molecule has 2 aromatic rings. The van der Waals surface area contributed by atoms with Gasteiger partial charge in [0.25, 0.3) is 0 Å². The zero-order chi connectivity index (χ0) is 25.9. The van der Waals surface area contributed by atoms with Crippen molar-refractivity contribution in [2.75, 3.05) is 13.1 Å². The average molecular weight is 523 g/mol. The van der Waals surface area contributed by atoms with Gasteiger partial charge >= 0.3 is 0 Å². The Morgan fingerprint density at radius 3 is 2.39 bits per heavy atom. The lowest BCUT2D eigenvalue weighted by molar-refractivity contribution is -0.123. The SMILES string of the molecule is CC(C)(C)c1nc2cc(S(=O)(=O)N3CC(CC(=O)NC4CC4)C3)ccc2n1CC1CCC(F)(F)CC1. The highest BCUT2D eigenvalue weighted by molar-refractivity contribution is 7.89. The van der Waals surface area contributed by atoms with Crippen molar-refractivity contribution in [1.82, 2.24) is 19.2 Å². The van der Waals surface area contributed by atoms with Crippen LogP contribution in [0.3, 0.4) is 0 Å². The van der Waals surface area contributed by atoms with Crippen LogP contribution in [-0.4, -0.2) is 53.2 Å². The third-order valence-corrected chi connectivity index (χ3v) is 9.47. The quantitative estimate of drug-likeness (QED) is 0.582. The largest absolute Gasteiger partial charge is 0.353 e. The monoisotopic (exact) mass is 522 g/mol. The number of imidazole rings is 1. The summed E-state index contributed by atoms with van der Waals surface area (Å²) in [5.41, 5.74) is 1.14. The van der Waals surface area contributed by atoms with Gasteiger partial charge in [0.05, 0.1) is 15.9 Å². The zero-order valence-corrected chi connectivity index (χ0v) is 22.1. The van der Waals surface area contributed by atoms with Crippen LogP contribution in [0.2, 0.25) is 0 Å². The molecule has 36 heavy (non-hydrogen) atoms. The molecule has 198 valence electrons. The van der Waals surface area contributed by atoms with Crippen molar-refractivity contribution in [2.45, 2.75) is 94.5 Å². The van der Waals surface area contributed by atoms with Gasteiger partial charge in [-0.3, -0.25) is 4.79 Å². The first-order valence-electron chi connectivity index (χ1n) is 13.0. The van der Waals surface area contributed by atoms with Crippen molar-refractivity contribution in [2.24, 2.45) is 11.8 Å². The molecule has 1 aliphatic heterocycles. The highest BCUT2D eigenvalue weighted by Crippen LogP contribution is 2.38. The number of rotatable bonds is 7. The number of hydrogen-bond acceptors (Lipinski definition) is 4. The maximum Gasteiger partial charge on any atom is 0.248 e.